The van der Waals surface area contributed by atoms with E-state index in [9.17, 15) is 5.11 Å². The molecule has 0 saturated heterocycles. The number of aliphatic hydroxyl groups is 1. The van der Waals surface area contributed by atoms with Crippen molar-refractivity contribution in [3.8, 4) is 0 Å². The number of aryl methyl sites for hydroxylation is 2. The van der Waals surface area contributed by atoms with E-state index in [1.54, 1.807) is 0 Å². The van der Waals surface area contributed by atoms with E-state index in [-0.39, 0.29) is 12.6 Å². The monoisotopic (exact) mass is 259 g/mol. The summed E-state index contributed by atoms with van der Waals surface area (Å²) >= 11 is 0. The highest BCUT2D eigenvalue weighted by Gasteiger charge is 2.11. The molecule has 0 aliphatic carbocycles. The summed E-state index contributed by atoms with van der Waals surface area (Å²) in [4.78, 5) is 0. The number of nitrogens with one attached hydrogen (secondary N) is 1. The second-order valence-corrected chi connectivity index (χ2v) is 4.65. The van der Waals surface area contributed by atoms with Crippen molar-refractivity contribution in [1.29, 1.82) is 0 Å². The van der Waals surface area contributed by atoms with Crippen LogP contribution in [0.1, 0.15) is 29.8 Å². The van der Waals surface area contributed by atoms with Crippen molar-refractivity contribution in [3.05, 3.63) is 53.3 Å². The molecule has 0 aliphatic heterocycles. The van der Waals surface area contributed by atoms with Crippen LogP contribution in [-0.4, -0.2) is 21.5 Å². The summed E-state index contributed by atoms with van der Waals surface area (Å²) in [6.45, 7) is 2.91. The molecule has 1 atom stereocenters. The molecule has 1 heterocycles. The predicted molar refractivity (Wildman–Crippen MR) is 75.7 cm³/mol. The van der Waals surface area contributed by atoms with Crippen molar-refractivity contribution in [1.82, 2.24) is 15.1 Å². The Morgan fingerprint density at radius 3 is 2.68 bits per heavy atom. The molecule has 2 N–H and O–H groups in total. The van der Waals surface area contributed by atoms with Gasteiger partial charge in [-0.3, -0.25) is 4.68 Å². The fourth-order valence-corrected chi connectivity index (χ4v) is 2.24. The van der Waals surface area contributed by atoms with Gasteiger partial charge in [-0.2, -0.15) is 5.10 Å². The van der Waals surface area contributed by atoms with Crippen LogP contribution in [0.3, 0.4) is 0 Å². The Kier molecular flexibility index (Phi) is 4.71. The van der Waals surface area contributed by atoms with Gasteiger partial charge in [-0.25, -0.2) is 0 Å². The fraction of sp³-hybridized carbons (Fsp3) is 0.400. The average Bonchev–Trinajstić information content (AvgIpc) is 2.81. The van der Waals surface area contributed by atoms with Crippen molar-refractivity contribution < 1.29 is 5.11 Å². The molecule has 19 heavy (non-hydrogen) atoms. The molecule has 2 aromatic rings. The van der Waals surface area contributed by atoms with Gasteiger partial charge >= 0.3 is 0 Å². The average molecular weight is 259 g/mol. The quantitative estimate of drug-likeness (QED) is 0.832. The first-order valence-electron chi connectivity index (χ1n) is 6.65. The smallest absolute Gasteiger partial charge is 0.0666 e. The Bertz CT molecular complexity index is 507. The largest absolute Gasteiger partial charge is 0.394 e. The SMILES string of the molecule is CCc1nn(C)cc1CNC(CO)c1ccccc1. The number of aliphatic hydroxyl groups excluding tert-OH is 1. The fourth-order valence-electron chi connectivity index (χ4n) is 2.24. The Morgan fingerprint density at radius 1 is 1.32 bits per heavy atom. The minimum absolute atomic E-state index is 0.0360. The van der Waals surface area contributed by atoms with E-state index in [0.717, 1.165) is 24.2 Å². The Labute approximate surface area is 114 Å². The molecular weight excluding hydrogens is 238 g/mol. The van der Waals surface area contributed by atoms with Crippen LogP contribution in [-0.2, 0) is 20.0 Å². The summed E-state index contributed by atoms with van der Waals surface area (Å²) in [5.74, 6) is 0. The summed E-state index contributed by atoms with van der Waals surface area (Å²) in [6, 6.07) is 9.97. The van der Waals surface area contributed by atoms with Crippen LogP contribution in [0.5, 0.6) is 0 Å². The van der Waals surface area contributed by atoms with Gasteiger partial charge in [-0.05, 0) is 12.0 Å². The molecule has 4 nitrogen and oxygen atoms in total. The number of hydrogen-bond donors (Lipinski definition) is 2. The van der Waals surface area contributed by atoms with E-state index in [1.807, 2.05) is 48.3 Å². The van der Waals surface area contributed by atoms with E-state index in [1.165, 1.54) is 5.56 Å². The summed E-state index contributed by atoms with van der Waals surface area (Å²) in [5, 5.41) is 17.3. The van der Waals surface area contributed by atoms with Gasteiger partial charge in [0.1, 0.15) is 0 Å². The zero-order chi connectivity index (χ0) is 13.7. The minimum Gasteiger partial charge on any atom is -0.394 e. The summed E-state index contributed by atoms with van der Waals surface area (Å²) in [7, 11) is 1.93. The molecule has 0 spiro atoms. The van der Waals surface area contributed by atoms with Crippen molar-refractivity contribution in [2.45, 2.75) is 25.9 Å². The van der Waals surface area contributed by atoms with E-state index in [4.69, 9.17) is 0 Å². The standard InChI is InChI=1S/C15H21N3O/c1-3-14-13(10-18(2)17-14)9-16-15(11-19)12-7-5-4-6-8-12/h4-8,10,15-16,19H,3,9,11H2,1-2H3. The first-order chi connectivity index (χ1) is 9.24. The molecular formula is C15H21N3O. The molecule has 0 radical (unpaired) electrons. The molecule has 1 unspecified atom stereocenters. The van der Waals surface area contributed by atoms with Gasteiger partial charge in [-0.15, -0.1) is 0 Å². The molecule has 1 aromatic heterocycles. The first-order valence-corrected chi connectivity index (χ1v) is 6.65. The third kappa shape index (κ3) is 3.43. The molecule has 0 amide bonds. The van der Waals surface area contributed by atoms with Gasteiger partial charge in [-0.1, -0.05) is 37.3 Å². The van der Waals surface area contributed by atoms with Gasteiger partial charge < -0.3 is 10.4 Å². The predicted octanol–water partition coefficient (Wildman–Crippen LogP) is 1.81. The lowest BCUT2D eigenvalue weighted by atomic mass is 10.1. The lowest BCUT2D eigenvalue weighted by molar-refractivity contribution is 0.243. The Hall–Kier alpha value is -1.65. The Balaban J connectivity index is 2.04. The number of hydrogen-bond acceptors (Lipinski definition) is 3. The van der Waals surface area contributed by atoms with E-state index < -0.39 is 0 Å². The molecule has 0 bridgehead atoms. The maximum absolute atomic E-state index is 9.51. The lowest BCUT2D eigenvalue weighted by Gasteiger charge is -2.16. The van der Waals surface area contributed by atoms with Gasteiger partial charge in [0.05, 0.1) is 18.3 Å². The molecule has 102 valence electrons. The summed E-state index contributed by atoms with van der Waals surface area (Å²) in [5.41, 5.74) is 3.41. The van der Waals surface area contributed by atoms with Gasteiger partial charge in [0.25, 0.3) is 0 Å². The number of benzene rings is 1. The third-order valence-corrected chi connectivity index (χ3v) is 3.25. The molecule has 4 heteroatoms. The number of aromatic nitrogens is 2. The van der Waals surface area contributed by atoms with Crippen LogP contribution in [0.4, 0.5) is 0 Å². The number of nitrogens with zero attached hydrogens (tertiary/aromatic N) is 2. The van der Waals surface area contributed by atoms with Gasteiger partial charge in [0.15, 0.2) is 0 Å². The van der Waals surface area contributed by atoms with Crippen LogP contribution >= 0.6 is 0 Å². The van der Waals surface area contributed by atoms with E-state index >= 15 is 0 Å². The van der Waals surface area contributed by atoms with Crippen molar-refractivity contribution in [2.75, 3.05) is 6.61 Å². The molecule has 1 aromatic carbocycles. The first kappa shape index (κ1) is 13.8. The minimum atomic E-state index is -0.0360. The van der Waals surface area contributed by atoms with Gasteiger partial charge in [0, 0.05) is 25.4 Å². The summed E-state index contributed by atoms with van der Waals surface area (Å²) < 4.78 is 1.84. The van der Waals surface area contributed by atoms with Crippen LogP contribution in [0, 0.1) is 0 Å². The van der Waals surface area contributed by atoms with Crippen LogP contribution in [0.15, 0.2) is 36.5 Å². The van der Waals surface area contributed by atoms with Crippen LogP contribution < -0.4 is 5.32 Å². The topological polar surface area (TPSA) is 50.1 Å². The highest BCUT2D eigenvalue weighted by molar-refractivity contribution is 5.21. The van der Waals surface area contributed by atoms with Crippen LogP contribution in [0.25, 0.3) is 0 Å². The van der Waals surface area contributed by atoms with Crippen molar-refractivity contribution in [3.63, 3.8) is 0 Å². The second-order valence-electron chi connectivity index (χ2n) is 4.65. The zero-order valence-corrected chi connectivity index (χ0v) is 11.5. The summed E-state index contributed by atoms with van der Waals surface area (Å²) in [6.07, 6.45) is 2.96. The third-order valence-electron chi connectivity index (χ3n) is 3.25. The zero-order valence-electron chi connectivity index (χ0n) is 11.5. The Morgan fingerprint density at radius 2 is 2.05 bits per heavy atom. The molecule has 0 aliphatic rings. The molecule has 0 fully saturated rings. The maximum Gasteiger partial charge on any atom is 0.0666 e. The normalized spacial score (nSPS) is 12.6. The van der Waals surface area contributed by atoms with E-state index in [0.29, 0.717) is 0 Å². The highest BCUT2D eigenvalue weighted by atomic mass is 16.3. The maximum atomic E-state index is 9.51. The molecule has 0 saturated carbocycles. The second kappa shape index (κ2) is 6.50. The highest BCUT2D eigenvalue weighted by Crippen LogP contribution is 2.14. The number of rotatable bonds is 6. The van der Waals surface area contributed by atoms with Crippen LogP contribution in [0.2, 0.25) is 0 Å². The molecule has 2 rings (SSSR count). The van der Waals surface area contributed by atoms with Gasteiger partial charge in [0.2, 0.25) is 0 Å². The lowest BCUT2D eigenvalue weighted by Crippen LogP contribution is -2.24. The van der Waals surface area contributed by atoms with E-state index in [2.05, 4.69) is 17.3 Å². The van der Waals surface area contributed by atoms with Crippen molar-refractivity contribution >= 4 is 0 Å². The van der Waals surface area contributed by atoms with Crippen molar-refractivity contribution in [2.24, 2.45) is 7.05 Å².